The lowest BCUT2D eigenvalue weighted by Gasteiger charge is -2.14. The van der Waals surface area contributed by atoms with Gasteiger partial charge >= 0.3 is 0 Å². The zero-order chi connectivity index (χ0) is 19.0. The average Bonchev–Trinajstić information content (AvgIpc) is 2.52. The Morgan fingerprint density at radius 3 is 2.32 bits per heavy atom. The Bertz CT molecular complexity index is 727. The van der Waals surface area contributed by atoms with E-state index in [0.717, 1.165) is 11.1 Å². The van der Waals surface area contributed by atoms with Gasteiger partial charge in [0.25, 0.3) is 0 Å². The number of benzene rings is 1. The van der Waals surface area contributed by atoms with Crippen molar-refractivity contribution in [3.05, 3.63) is 29.3 Å². The van der Waals surface area contributed by atoms with Crippen molar-refractivity contribution in [1.82, 2.24) is 16.0 Å². The van der Waals surface area contributed by atoms with Crippen molar-refractivity contribution < 1.29 is 13.2 Å². The third-order valence-electron chi connectivity index (χ3n) is 3.56. The van der Waals surface area contributed by atoms with E-state index in [0.29, 0.717) is 30.5 Å². The highest BCUT2D eigenvalue weighted by atomic mass is 32.2. The molecule has 7 nitrogen and oxygen atoms in total. The Kier molecular flexibility index (Phi) is 7.89. The van der Waals surface area contributed by atoms with Gasteiger partial charge in [-0.05, 0) is 24.1 Å². The van der Waals surface area contributed by atoms with E-state index in [1.807, 2.05) is 19.9 Å². The zero-order valence-electron chi connectivity index (χ0n) is 15.5. The number of aliphatic imine (C=N–C) groups is 1. The summed E-state index contributed by atoms with van der Waals surface area (Å²) >= 11 is 0. The Morgan fingerprint density at radius 1 is 1.16 bits per heavy atom. The summed E-state index contributed by atoms with van der Waals surface area (Å²) in [6, 6.07) is 5.26. The second-order valence-corrected chi connectivity index (χ2v) is 8.15. The van der Waals surface area contributed by atoms with Gasteiger partial charge in [-0.1, -0.05) is 26.0 Å². The summed E-state index contributed by atoms with van der Waals surface area (Å²) in [5, 5.41) is 9.09. The van der Waals surface area contributed by atoms with Crippen LogP contribution in [0.25, 0.3) is 0 Å². The number of aryl methyl sites for hydroxylation is 1. The minimum absolute atomic E-state index is 0.0196. The molecule has 0 saturated carbocycles. The predicted octanol–water partition coefficient (Wildman–Crippen LogP) is 0.836. The molecule has 0 bridgehead atoms. The fourth-order valence-electron chi connectivity index (χ4n) is 2.21. The quantitative estimate of drug-likeness (QED) is 0.376. The molecule has 0 fully saturated rings. The molecule has 25 heavy (non-hydrogen) atoms. The second-order valence-electron chi connectivity index (χ2n) is 6.17. The summed E-state index contributed by atoms with van der Waals surface area (Å²) in [6.45, 7) is 7.07. The first kappa shape index (κ1) is 21.0. The van der Waals surface area contributed by atoms with Gasteiger partial charge in [0.2, 0.25) is 5.91 Å². The number of rotatable bonds is 7. The van der Waals surface area contributed by atoms with Crippen LogP contribution in [0.2, 0.25) is 0 Å². The molecule has 1 amide bonds. The van der Waals surface area contributed by atoms with Crippen LogP contribution in [0.4, 0.5) is 0 Å². The molecule has 140 valence electrons. The van der Waals surface area contributed by atoms with Crippen molar-refractivity contribution in [3.63, 3.8) is 0 Å². The molecule has 0 aliphatic heterocycles. The van der Waals surface area contributed by atoms with E-state index in [2.05, 4.69) is 20.9 Å². The number of carbonyl (C=O) groups is 1. The van der Waals surface area contributed by atoms with Gasteiger partial charge in [-0.3, -0.25) is 9.79 Å². The van der Waals surface area contributed by atoms with Gasteiger partial charge in [-0.25, -0.2) is 8.42 Å². The standard InChI is InChI=1S/C17H28N4O3S/c1-12(2)16(22)19-8-9-20-17(18-4)21-11-14-6-7-15(13(3)10-14)25(5,23)24/h6-7,10,12H,8-9,11H2,1-5H3,(H,19,22)(H2,18,20,21). The van der Waals surface area contributed by atoms with Gasteiger partial charge in [-0.2, -0.15) is 0 Å². The maximum Gasteiger partial charge on any atom is 0.222 e. The molecule has 0 spiro atoms. The first-order chi connectivity index (χ1) is 11.6. The van der Waals surface area contributed by atoms with E-state index in [9.17, 15) is 13.2 Å². The lowest BCUT2D eigenvalue weighted by atomic mass is 10.1. The van der Waals surface area contributed by atoms with Crippen LogP contribution in [-0.4, -0.2) is 46.7 Å². The first-order valence-electron chi connectivity index (χ1n) is 8.17. The van der Waals surface area contributed by atoms with Gasteiger partial charge in [0.05, 0.1) is 4.90 Å². The van der Waals surface area contributed by atoms with Crippen molar-refractivity contribution in [3.8, 4) is 0 Å². The van der Waals surface area contributed by atoms with E-state index in [1.165, 1.54) is 6.26 Å². The topological polar surface area (TPSA) is 99.7 Å². The minimum atomic E-state index is -3.21. The van der Waals surface area contributed by atoms with Crippen LogP contribution in [0.1, 0.15) is 25.0 Å². The van der Waals surface area contributed by atoms with Crippen LogP contribution >= 0.6 is 0 Å². The largest absolute Gasteiger partial charge is 0.355 e. The molecule has 0 aliphatic carbocycles. The summed E-state index contributed by atoms with van der Waals surface area (Å²) < 4.78 is 23.3. The van der Waals surface area contributed by atoms with Crippen molar-refractivity contribution in [1.29, 1.82) is 0 Å². The molecule has 0 aliphatic rings. The summed E-state index contributed by atoms with van der Waals surface area (Å²) in [6.07, 6.45) is 1.21. The molecule has 0 atom stereocenters. The highest BCUT2D eigenvalue weighted by Gasteiger charge is 2.11. The molecule has 1 aromatic carbocycles. The van der Waals surface area contributed by atoms with Crippen LogP contribution in [0.5, 0.6) is 0 Å². The van der Waals surface area contributed by atoms with Crippen molar-refractivity contribution in [2.75, 3.05) is 26.4 Å². The molecule has 0 unspecified atom stereocenters. The normalized spacial score (nSPS) is 12.2. The highest BCUT2D eigenvalue weighted by Crippen LogP contribution is 2.16. The van der Waals surface area contributed by atoms with Crippen molar-refractivity contribution in [2.24, 2.45) is 10.9 Å². The first-order valence-corrected chi connectivity index (χ1v) is 10.1. The van der Waals surface area contributed by atoms with E-state index in [4.69, 9.17) is 0 Å². The fraction of sp³-hybridized carbons (Fsp3) is 0.529. The zero-order valence-corrected chi connectivity index (χ0v) is 16.3. The van der Waals surface area contributed by atoms with Crippen LogP contribution in [-0.2, 0) is 21.2 Å². The lowest BCUT2D eigenvalue weighted by Crippen LogP contribution is -2.41. The highest BCUT2D eigenvalue weighted by molar-refractivity contribution is 7.90. The third-order valence-corrected chi connectivity index (χ3v) is 4.82. The van der Waals surface area contributed by atoms with Gasteiger partial charge in [0.15, 0.2) is 15.8 Å². The number of guanidine groups is 1. The van der Waals surface area contributed by atoms with Crippen LogP contribution in [0.3, 0.4) is 0 Å². The van der Waals surface area contributed by atoms with E-state index < -0.39 is 9.84 Å². The molecular formula is C17H28N4O3S. The second kappa shape index (κ2) is 9.41. The number of hydrogen-bond donors (Lipinski definition) is 3. The number of hydrogen-bond acceptors (Lipinski definition) is 4. The van der Waals surface area contributed by atoms with Crippen LogP contribution in [0.15, 0.2) is 28.1 Å². The van der Waals surface area contributed by atoms with E-state index in [1.54, 1.807) is 26.1 Å². The van der Waals surface area contributed by atoms with E-state index >= 15 is 0 Å². The number of nitrogens with zero attached hydrogens (tertiary/aromatic N) is 1. The number of sulfone groups is 1. The van der Waals surface area contributed by atoms with Gasteiger partial charge in [0.1, 0.15) is 0 Å². The summed E-state index contributed by atoms with van der Waals surface area (Å²) in [4.78, 5) is 15.9. The van der Waals surface area contributed by atoms with Gasteiger partial charge in [0, 0.05) is 38.9 Å². The maximum absolute atomic E-state index is 11.6. The minimum Gasteiger partial charge on any atom is -0.355 e. The Morgan fingerprint density at radius 2 is 1.80 bits per heavy atom. The molecule has 3 N–H and O–H groups in total. The fourth-order valence-corrected chi connectivity index (χ4v) is 3.17. The average molecular weight is 369 g/mol. The van der Waals surface area contributed by atoms with Crippen LogP contribution < -0.4 is 16.0 Å². The molecule has 0 radical (unpaired) electrons. The summed E-state index contributed by atoms with van der Waals surface area (Å²) in [5.41, 5.74) is 1.68. The molecule has 0 heterocycles. The number of nitrogens with one attached hydrogen (secondary N) is 3. The molecule has 1 rings (SSSR count). The molecule has 8 heteroatoms. The van der Waals surface area contributed by atoms with Gasteiger partial charge in [-0.15, -0.1) is 0 Å². The molecule has 0 saturated heterocycles. The molecular weight excluding hydrogens is 340 g/mol. The molecule has 1 aromatic rings. The number of amides is 1. The Balaban J connectivity index is 2.50. The van der Waals surface area contributed by atoms with E-state index in [-0.39, 0.29) is 11.8 Å². The van der Waals surface area contributed by atoms with Crippen molar-refractivity contribution in [2.45, 2.75) is 32.2 Å². The maximum atomic E-state index is 11.6. The van der Waals surface area contributed by atoms with Crippen LogP contribution in [0, 0.1) is 12.8 Å². The van der Waals surface area contributed by atoms with Crippen molar-refractivity contribution >= 4 is 21.7 Å². The smallest absolute Gasteiger partial charge is 0.222 e. The molecule has 0 aromatic heterocycles. The monoisotopic (exact) mass is 368 g/mol. The SMILES string of the molecule is CN=C(NCCNC(=O)C(C)C)NCc1ccc(S(C)(=O)=O)c(C)c1. The summed E-state index contributed by atoms with van der Waals surface area (Å²) in [5.74, 6) is 0.602. The van der Waals surface area contributed by atoms with Gasteiger partial charge < -0.3 is 16.0 Å². The Hall–Kier alpha value is -2.09. The third kappa shape index (κ3) is 7.13. The lowest BCUT2D eigenvalue weighted by molar-refractivity contribution is -0.123. The summed E-state index contributed by atoms with van der Waals surface area (Å²) in [7, 11) is -1.54. The number of carbonyl (C=O) groups excluding carboxylic acids is 1. The Labute approximate surface area is 150 Å². The predicted molar refractivity (Wildman–Crippen MR) is 100 cm³/mol.